The highest BCUT2D eigenvalue weighted by atomic mass is 35.5. The largest absolute Gasteiger partial charge is 0.478 e. The van der Waals surface area contributed by atoms with Crippen molar-refractivity contribution >= 4 is 34.8 Å². The van der Waals surface area contributed by atoms with Gasteiger partial charge in [-0.05, 0) is 31.5 Å². The number of carbonyl (C=O) groups excluding carboxylic acids is 2. The number of amides is 2. The Morgan fingerprint density at radius 2 is 1.76 bits per heavy atom. The van der Waals surface area contributed by atoms with E-state index in [1.54, 1.807) is 37.1 Å². The summed E-state index contributed by atoms with van der Waals surface area (Å²) >= 11 is 6.13. The molecule has 2 amide bonds. The highest BCUT2D eigenvalue weighted by Crippen LogP contribution is 2.36. The molecule has 0 aliphatic carbocycles. The van der Waals surface area contributed by atoms with E-state index >= 15 is 0 Å². The lowest BCUT2D eigenvalue weighted by atomic mass is 10.1. The lowest BCUT2D eigenvalue weighted by Gasteiger charge is -2.38. The number of aromatic nitrogens is 2. The topological polar surface area (TPSA) is 97.1 Å². The Bertz CT molecular complexity index is 1260. The molecule has 0 saturated carbocycles. The zero-order chi connectivity index (χ0) is 24.7. The van der Waals surface area contributed by atoms with Crippen LogP contribution in [0.1, 0.15) is 19.0 Å². The second-order valence-corrected chi connectivity index (χ2v) is 9.00. The van der Waals surface area contributed by atoms with Crippen LogP contribution in [0.25, 0.3) is 0 Å². The number of carbonyl (C=O) groups is 2. The Morgan fingerprint density at radius 1 is 1.09 bits per heavy atom. The quantitative estimate of drug-likeness (QED) is 0.633. The van der Waals surface area contributed by atoms with E-state index in [1.165, 1.54) is 16.5 Å². The van der Waals surface area contributed by atoms with Crippen LogP contribution in [0, 0.1) is 6.92 Å². The number of fused-ring (bicyclic) bond motifs is 1. The van der Waals surface area contributed by atoms with Crippen LogP contribution in [0.5, 0.6) is 5.75 Å². The van der Waals surface area contributed by atoms with Crippen molar-refractivity contribution in [1.82, 2.24) is 14.0 Å². The summed E-state index contributed by atoms with van der Waals surface area (Å²) in [6.07, 6.45) is -0.166. The highest BCUT2D eigenvalue weighted by Gasteiger charge is 2.36. The van der Waals surface area contributed by atoms with Gasteiger partial charge in [0.2, 0.25) is 5.91 Å². The van der Waals surface area contributed by atoms with E-state index in [4.69, 9.17) is 16.3 Å². The monoisotopic (exact) mass is 489 g/mol. The maximum Gasteiger partial charge on any atom is 0.330 e. The van der Waals surface area contributed by atoms with Crippen molar-refractivity contribution in [2.24, 2.45) is 14.1 Å². The average molecular weight is 490 g/mol. The molecule has 2 aliphatic heterocycles. The molecule has 4 rings (SSSR count). The summed E-state index contributed by atoms with van der Waals surface area (Å²) in [7, 11) is 3.09. The summed E-state index contributed by atoms with van der Waals surface area (Å²) in [4.78, 5) is 56.1. The zero-order valence-corrected chi connectivity index (χ0v) is 20.5. The van der Waals surface area contributed by atoms with Crippen LogP contribution in [0.4, 0.5) is 11.4 Å². The Morgan fingerprint density at radius 3 is 2.41 bits per heavy atom. The predicted octanol–water partition coefficient (Wildman–Crippen LogP) is 0.899. The minimum atomic E-state index is -0.651. The third-order valence-electron chi connectivity index (χ3n) is 6.56. The molecule has 1 atom stereocenters. The number of anilines is 2. The van der Waals surface area contributed by atoms with Gasteiger partial charge in [-0.15, -0.1) is 0 Å². The molecule has 2 aliphatic rings. The van der Waals surface area contributed by atoms with Crippen LogP contribution in [-0.4, -0.2) is 64.7 Å². The Hall–Kier alpha value is -3.27. The van der Waals surface area contributed by atoms with E-state index in [-0.39, 0.29) is 29.6 Å². The van der Waals surface area contributed by atoms with E-state index in [0.717, 1.165) is 4.57 Å². The molecular weight excluding hydrogens is 462 g/mol. The normalized spacial score (nSPS) is 18.1. The highest BCUT2D eigenvalue weighted by molar-refractivity contribution is 6.31. The maximum absolute atomic E-state index is 13.2. The number of hydrogen-bond acceptors (Lipinski definition) is 6. The molecule has 11 heteroatoms. The van der Waals surface area contributed by atoms with Crippen LogP contribution in [0.15, 0.2) is 27.8 Å². The molecule has 0 N–H and O–H groups in total. The zero-order valence-electron chi connectivity index (χ0n) is 19.7. The average Bonchev–Trinajstić information content (AvgIpc) is 2.83. The lowest BCUT2D eigenvalue weighted by molar-refractivity contribution is -0.133. The summed E-state index contributed by atoms with van der Waals surface area (Å²) in [6.45, 7) is 5.15. The van der Waals surface area contributed by atoms with Crippen LogP contribution >= 0.6 is 11.6 Å². The van der Waals surface area contributed by atoms with Gasteiger partial charge in [0.15, 0.2) is 6.10 Å². The number of rotatable bonds is 4. The Labute approximate surface area is 201 Å². The molecule has 1 aromatic carbocycles. The van der Waals surface area contributed by atoms with Crippen molar-refractivity contribution in [3.63, 3.8) is 0 Å². The van der Waals surface area contributed by atoms with Crippen LogP contribution in [-0.2, 0) is 23.7 Å². The molecule has 0 spiro atoms. The fourth-order valence-electron chi connectivity index (χ4n) is 4.42. The summed E-state index contributed by atoms with van der Waals surface area (Å²) < 4.78 is 8.32. The van der Waals surface area contributed by atoms with Gasteiger partial charge < -0.3 is 14.5 Å². The molecule has 10 nitrogen and oxygen atoms in total. The van der Waals surface area contributed by atoms with Gasteiger partial charge in [0.1, 0.15) is 18.0 Å². The third kappa shape index (κ3) is 4.06. The number of piperazine rings is 1. The van der Waals surface area contributed by atoms with Crippen LogP contribution < -0.4 is 25.8 Å². The summed E-state index contributed by atoms with van der Waals surface area (Å²) in [5, 5.41) is 0.449. The molecule has 34 heavy (non-hydrogen) atoms. The SMILES string of the molecule is CCC1Oc2ccc(Cl)cc2N(CC(=O)N2CCN(c3c(C)n(C)c(=O)n(C)c3=O)CC2)C1=O. The van der Waals surface area contributed by atoms with Gasteiger partial charge in [-0.2, -0.15) is 0 Å². The fourth-order valence-corrected chi connectivity index (χ4v) is 4.59. The molecule has 3 heterocycles. The second-order valence-electron chi connectivity index (χ2n) is 8.56. The fraction of sp³-hybridized carbons (Fsp3) is 0.478. The Kier molecular flexibility index (Phi) is 6.44. The molecule has 182 valence electrons. The molecule has 1 fully saturated rings. The number of hydrogen-bond donors (Lipinski definition) is 0. The molecule has 0 bridgehead atoms. The van der Waals surface area contributed by atoms with Crippen molar-refractivity contribution in [3.8, 4) is 5.75 Å². The van der Waals surface area contributed by atoms with Gasteiger partial charge in [-0.1, -0.05) is 18.5 Å². The van der Waals surface area contributed by atoms with Crippen molar-refractivity contribution in [2.75, 3.05) is 42.5 Å². The first-order chi connectivity index (χ1) is 16.1. The van der Waals surface area contributed by atoms with E-state index in [2.05, 4.69) is 0 Å². The number of halogens is 1. The smallest absolute Gasteiger partial charge is 0.330 e. The molecule has 0 radical (unpaired) electrons. The molecule has 1 unspecified atom stereocenters. The van der Waals surface area contributed by atoms with Gasteiger partial charge >= 0.3 is 5.69 Å². The van der Waals surface area contributed by atoms with Crippen LogP contribution in [0.2, 0.25) is 5.02 Å². The van der Waals surface area contributed by atoms with E-state index in [0.29, 0.717) is 60.4 Å². The van der Waals surface area contributed by atoms with Crippen molar-refractivity contribution in [2.45, 2.75) is 26.4 Å². The van der Waals surface area contributed by atoms with Gasteiger partial charge in [0.05, 0.1) is 5.69 Å². The lowest BCUT2D eigenvalue weighted by Crippen LogP contribution is -2.55. The van der Waals surface area contributed by atoms with Crippen molar-refractivity contribution in [3.05, 3.63) is 49.8 Å². The number of nitrogens with zero attached hydrogens (tertiary/aromatic N) is 5. The van der Waals surface area contributed by atoms with E-state index < -0.39 is 6.10 Å². The van der Waals surface area contributed by atoms with E-state index in [9.17, 15) is 19.2 Å². The third-order valence-corrected chi connectivity index (χ3v) is 6.80. The molecular formula is C23H28ClN5O5. The van der Waals surface area contributed by atoms with Crippen molar-refractivity contribution in [1.29, 1.82) is 0 Å². The van der Waals surface area contributed by atoms with Gasteiger partial charge in [0, 0.05) is 51.0 Å². The first kappa shape index (κ1) is 23.9. The number of benzene rings is 1. The standard InChI is InChI=1S/C23H28ClN5O5/c1-5-17-21(31)29(16-12-15(24)6-7-18(16)34-17)13-19(30)27-8-10-28(11-9-27)20-14(2)25(3)23(33)26(4)22(20)32/h6-7,12,17H,5,8-11,13H2,1-4H3. The molecule has 1 aromatic heterocycles. The second kappa shape index (κ2) is 9.17. The number of ether oxygens (including phenoxy) is 1. The first-order valence-corrected chi connectivity index (χ1v) is 11.6. The van der Waals surface area contributed by atoms with Crippen LogP contribution in [0.3, 0.4) is 0 Å². The van der Waals surface area contributed by atoms with Gasteiger partial charge in [-0.3, -0.25) is 28.4 Å². The first-order valence-electron chi connectivity index (χ1n) is 11.2. The minimum absolute atomic E-state index is 0.118. The van der Waals surface area contributed by atoms with E-state index in [1.807, 2.05) is 11.8 Å². The summed E-state index contributed by atoms with van der Waals surface area (Å²) in [5.41, 5.74) is 0.818. The predicted molar refractivity (Wildman–Crippen MR) is 129 cm³/mol. The van der Waals surface area contributed by atoms with Crippen molar-refractivity contribution < 1.29 is 14.3 Å². The Balaban J connectivity index is 1.50. The molecule has 2 aromatic rings. The maximum atomic E-state index is 13.2. The molecule has 1 saturated heterocycles. The minimum Gasteiger partial charge on any atom is -0.478 e. The summed E-state index contributed by atoms with van der Waals surface area (Å²) in [6, 6.07) is 5.02. The summed E-state index contributed by atoms with van der Waals surface area (Å²) in [5.74, 6) is 0.0591. The van der Waals surface area contributed by atoms with Gasteiger partial charge in [0.25, 0.3) is 11.5 Å². The van der Waals surface area contributed by atoms with Gasteiger partial charge in [-0.25, -0.2) is 4.79 Å².